The fourth-order valence-corrected chi connectivity index (χ4v) is 6.39. The molecule has 0 saturated carbocycles. The fraction of sp³-hybridized carbons (Fsp3) is 0.700. The molecule has 0 N–H and O–H groups in total. The number of hydrogen-bond acceptors (Lipinski definition) is 6. The van der Waals surface area contributed by atoms with Gasteiger partial charge in [-0.3, -0.25) is 19.3 Å². The predicted octanol–water partition coefficient (Wildman–Crippen LogP) is 6.43. The van der Waals surface area contributed by atoms with E-state index in [0.717, 1.165) is 17.0 Å². The van der Waals surface area contributed by atoms with E-state index in [1.807, 2.05) is 33.9 Å². The van der Waals surface area contributed by atoms with Crippen molar-refractivity contribution in [2.24, 2.45) is 0 Å². The number of benzene rings is 1. The Labute approximate surface area is 255 Å². The zero-order valence-electron chi connectivity index (χ0n) is 26.8. The molecule has 1 unspecified atom stereocenters. The Balaban J connectivity index is 1.57. The van der Waals surface area contributed by atoms with Gasteiger partial charge in [-0.1, -0.05) is 40.4 Å². The van der Waals surface area contributed by atoms with Crippen LogP contribution in [0.25, 0.3) is 0 Å². The van der Waals surface area contributed by atoms with Gasteiger partial charge in [-0.2, -0.15) is 0 Å². The van der Waals surface area contributed by atoms with Crippen molar-refractivity contribution in [1.82, 2.24) is 9.80 Å². The number of alkyl halides is 2. The molecule has 1 fully saturated rings. The van der Waals surface area contributed by atoms with Crippen LogP contribution < -0.4 is 4.74 Å². The lowest BCUT2D eigenvalue weighted by Crippen LogP contribution is -2.55. The molecular weight excluding hydrogens is 598 g/mol. The van der Waals surface area contributed by atoms with Gasteiger partial charge in [0.2, 0.25) is 5.91 Å². The molecule has 0 aromatic heterocycles. The monoisotopic (exact) mass is 644 g/mol. The van der Waals surface area contributed by atoms with Gasteiger partial charge in [0.05, 0.1) is 6.61 Å². The Morgan fingerprint density at radius 3 is 2.26 bits per heavy atom. The first kappa shape index (κ1) is 35.3. The molecule has 0 bridgehead atoms. The molecule has 2 heterocycles. The largest absolute Gasteiger partial charge is 0.490 e. The SMILES string of the molecule is CC(C)(C)[Si](C)(C)OCCC(F)(F)CCOc1cc2c(cc1F)C(=O)N(C1CCC(=O)N(COCC[Si](C)(C)C)C1=O)C2. The van der Waals surface area contributed by atoms with E-state index >= 15 is 0 Å². The number of rotatable bonds is 14. The van der Waals surface area contributed by atoms with Gasteiger partial charge >= 0.3 is 0 Å². The number of imide groups is 1. The fourth-order valence-electron chi connectivity index (χ4n) is 4.59. The van der Waals surface area contributed by atoms with Crippen molar-refractivity contribution in [1.29, 1.82) is 0 Å². The Kier molecular flexibility index (Phi) is 11.0. The van der Waals surface area contributed by atoms with Crippen molar-refractivity contribution >= 4 is 34.1 Å². The normalized spacial score (nSPS) is 18.5. The molecule has 0 spiro atoms. The minimum atomic E-state index is -3.05. The van der Waals surface area contributed by atoms with Crippen LogP contribution in [-0.2, 0) is 25.3 Å². The number of likely N-dealkylation sites (tertiary alicyclic amines) is 1. The van der Waals surface area contributed by atoms with Gasteiger partial charge in [0.15, 0.2) is 19.9 Å². The van der Waals surface area contributed by atoms with E-state index in [-0.39, 0.29) is 55.0 Å². The van der Waals surface area contributed by atoms with Crippen LogP contribution in [0.1, 0.15) is 62.4 Å². The summed E-state index contributed by atoms with van der Waals surface area (Å²) in [4.78, 5) is 41.2. The lowest BCUT2D eigenvalue weighted by atomic mass is 10.0. The molecule has 2 aliphatic rings. The highest BCUT2D eigenvalue weighted by Gasteiger charge is 2.43. The Bertz CT molecular complexity index is 1200. The van der Waals surface area contributed by atoms with Gasteiger partial charge in [0, 0.05) is 52.7 Å². The Hall–Kier alpha value is -2.23. The predicted molar refractivity (Wildman–Crippen MR) is 163 cm³/mol. The number of hydrogen-bond donors (Lipinski definition) is 0. The third-order valence-electron chi connectivity index (χ3n) is 8.53. The second-order valence-electron chi connectivity index (χ2n) is 14.2. The molecule has 242 valence electrons. The highest BCUT2D eigenvalue weighted by atomic mass is 28.4. The summed E-state index contributed by atoms with van der Waals surface area (Å²) in [5.74, 6) is -5.54. The first-order valence-electron chi connectivity index (χ1n) is 14.9. The van der Waals surface area contributed by atoms with E-state index in [9.17, 15) is 27.6 Å². The van der Waals surface area contributed by atoms with Crippen molar-refractivity contribution in [2.75, 3.05) is 26.6 Å². The zero-order chi connectivity index (χ0) is 32.4. The van der Waals surface area contributed by atoms with Gasteiger partial charge in [0.1, 0.15) is 12.8 Å². The molecule has 43 heavy (non-hydrogen) atoms. The van der Waals surface area contributed by atoms with Crippen molar-refractivity contribution in [2.45, 2.75) is 109 Å². The summed E-state index contributed by atoms with van der Waals surface area (Å²) in [6.45, 7) is 16.5. The van der Waals surface area contributed by atoms with Gasteiger partial charge < -0.3 is 18.8 Å². The molecule has 0 radical (unpaired) electrons. The highest BCUT2D eigenvalue weighted by Crippen LogP contribution is 2.37. The number of halogens is 3. The number of ether oxygens (including phenoxy) is 2. The standard InChI is InChI=1S/C30H47F3N2O6Si2/c1-29(2,3)43(7,8)41-14-12-30(32,33)11-13-40-25-17-21-19-34(27(37)22(21)18-23(25)31)24-9-10-26(36)35(28(24)38)20-39-15-16-42(4,5)6/h17-18,24H,9-16,19-20H2,1-8H3. The third kappa shape index (κ3) is 9.15. The van der Waals surface area contributed by atoms with Gasteiger partial charge in [-0.15, -0.1) is 0 Å². The second-order valence-corrected chi connectivity index (χ2v) is 24.7. The van der Waals surface area contributed by atoms with Crippen molar-refractivity contribution in [3.05, 3.63) is 29.1 Å². The summed E-state index contributed by atoms with van der Waals surface area (Å²) in [6.07, 6.45) is -0.845. The summed E-state index contributed by atoms with van der Waals surface area (Å²) >= 11 is 0. The summed E-state index contributed by atoms with van der Waals surface area (Å²) in [7, 11) is -3.50. The first-order valence-corrected chi connectivity index (χ1v) is 21.5. The minimum Gasteiger partial charge on any atom is -0.490 e. The van der Waals surface area contributed by atoms with E-state index in [2.05, 4.69) is 19.6 Å². The number of carbonyl (C=O) groups excluding carboxylic acids is 3. The van der Waals surface area contributed by atoms with E-state index in [0.29, 0.717) is 12.2 Å². The third-order valence-corrected chi connectivity index (χ3v) is 14.8. The van der Waals surface area contributed by atoms with Crippen LogP contribution in [-0.4, -0.2) is 82.4 Å². The van der Waals surface area contributed by atoms with Crippen LogP contribution in [0.3, 0.4) is 0 Å². The molecule has 1 atom stereocenters. The molecule has 1 aromatic carbocycles. The van der Waals surface area contributed by atoms with Crippen LogP contribution in [0.15, 0.2) is 12.1 Å². The molecule has 2 aliphatic heterocycles. The average molecular weight is 645 g/mol. The summed E-state index contributed by atoms with van der Waals surface area (Å²) < 4.78 is 60.8. The van der Waals surface area contributed by atoms with Crippen molar-refractivity contribution in [3.63, 3.8) is 0 Å². The first-order chi connectivity index (χ1) is 19.7. The lowest BCUT2D eigenvalue weighted by Gasteiger charge is -2.36. The highest BCUT2D eigenvalue weighted by molar-refractivity contribution is 6.76. The maximum atomic E-state index is 14.9. The minimum absolute atomic E-state index is 0.0146. The van der Waals surface area contributed by atoms with Crippen LogP contribution >= 0.6 is 0 Å². The average Bonchev–Trinajstić information content (AvgIpc) is 3.16. The summed E-state index contributed by atoms with van der Waals surface area (Å²) in [5.41, 5.74) is 0.513. The molecule has 3 rings (SSSR count). The Morgan fingerprint density at radius 1 is 0.977 bits per heavy atom. The molecular formula is C30H47F3N2O6Si2. The topological polar surface area (TPSA) is 85.4 Å². The van der Waals surface area contributed by atoms with Gasteiger partial charge in [0.25, 0.3) is 17.7 Å². The number of piperidine rings is 1. The zero-order valence-corrected chi connectivity index (χ0v) is 28.8. The maximum Gasteiger partial charge on any atom is 0.255 e. The maximum absolute atomic E-state index is 14.9. The quantitative estimate of drug-likeness (QED) is 0.132. The van der Waals surface area contributed by atoms with Gasteiger partial charge in [-0.05, 0) is 48.3 Å². The number of fused-ring (bicyclic) bond motifs is 1. The summed E-state index contributed by atoms with van der Waals surface area (Å²) in [6, 6.07) is 2.34. The number of carbonyl (C=O) groups is 3. The van der Waals surface area contributed by atoms with E-state index < -0.39 is 65.4 Å². The van der Waals surface area contributed by atoms with Crippen LogP contribution in [0, 0.1) is 5.82 Å². The van der Waals surface area contributed by atoms with E-state index in [1.165, 1.54) is 11.0 Å². The van der Waals surface area contributed by atoms with Crippen LogP contribution in [0.4, 0.5) is 13.2 Å². The van der Waals surface area contributed by atoms with E-state index in [4.69, 9.17) is 13.9 Å². The molecule has 1 saturated heterocycles. The molecule has 8 nitrogen and oxygen atoms in total. The number of nitrogens with zero attached hydrogens (tertiary/aromatic N) is 2. The lowest BCUT2D eigenvalue weighted by molar-refractivity contribution is -0.158. The van der Waals surface area contributed by atoms with Crippen molar-refractivity contribution in [3.8, 4) is 5.75 Å². The smallest absolute Gasteiger partial charge is 0.255 e. The molecule has 13 heteroatoms. The molecule has 0 aliphatic carbocycles. The Morgan fingerprint density at radius 2 is 1.63 bits per heavy atom. The molecule has 3 amide bonds. The van der Waals surface area contributed by atoms with Gasteiger partial charge in [-0.25, -0.2) is 13.2 Å². The van der Waals surface area contributed by atoms with Crippen LogP contribution in [0.2, 0.25) is 43.8 Å². The second kappa shape index (κ2) is 13.4. The van der Waals surface area contributed by atoms with Crippen molar-refractivity contribution < 1.29 is 41.5 Å². The van der Waals surface area contributed by atoms with Crippen LogP contribution in [0.5, 0.6) is 5.75 Å². The summed E-state index contributed by atoms with van der Waals surface area (Å²) in [5, 5.41) is -0.0873. The number of amides is 3. The molecule has 1 aromatic rings. The van der Waals surface area contributed by atoms with E-state index in [1.54, 1.807) is 0 Å².